The van der Waals surface area contributed by atoms with Gasteiger partial charge in [-0.1, -0.05) is 64.9 Å². The number of rotatable bonds is 6. The van der Waals surface area contributed by atoms with Crippen LogP contribution in [0, 0.1) is 5.92 Å². The maximum absolute atomic E-state index is 13.3. The molecule has 0 spiro atoms. The highest BCUT2D eigenvalue weighted by atomic mass is 16.2. The number of likely N-dealkylation sites (N-methyl/N-ethyl adjacent to an activating group) is 1. The summed E-state index contributed by atoms with van der Waals surface area (Å²) >= 11 is 0. The average molecular weight is 483 g/mol. The van der Waals surface area contributed by atoms with Crippen molar-refractivity contribution in [2.75, 3.05) is 13.6 Å². The molecule has 1 unspecified atom stereocenters. The molecular weight excluding hydrogens is 440 g/mol. The van der Waals surface area contributed by atoms with Gasteiger partial charge >= 0.3 is 0 Å². The first kappa shape index (κ1) is 26.9. The Balaban J connectivity index is 1.79. The first-order chi connectivity index (χ1) is 16.8. The van der Waals surface area contributed by atoms with Gasteiger partial charge in [-0.2, -0.15) is 5.10 Å². The topological polar surface area (TPSA) is 84.3 Å². The number of amides is 2. The van der Waals surface area contributed by atoms with Gasteiger partial charge in [0.05, 0.1) is 5.52 Å². The number of hydrogen-bond donors (Lipinski definition) is 1. The number of carbonyl (C=O) groups excluding carboxylic acids is 3. The van der Waals surface area contributed by atoms with Crippen LogP contribution in [0.1, 0.15) is 94.6 Å². The summed E-state index contributed by atoms with van der Waals surface area (Å²) in [5.41, 5.74) is 2.31. The van der Waals surface area contributed by atoms with Gasteiger partial charge in [0.15, 0.2) is 5.78 Å². The molecule has 2 heterocycles. The lowest BCUT2D eigenvalue weighted by atomic mass is 10.0. The summed E-state index contributed by atoms with van der Waals surface area (Å²) in [5.74, 6) is 0.124. The van der Waals surface area contributed by atoms with E-state index in [-0.39, 0.29) is 24.1 Å². The average Bonchev–Trinajstić information content (AvgIpc) is 3.17. The Morgan fingerprint density at radius 1 is 1.09 bits per heavy atom. The van der Waals surface area contributed by atoms with E-state index in [0.29, 0.717) is 24.6 Å². The predicted molar refractivity (Wildman–Crippen MR) is 139 cm³/mol. The summed E-state index contributed by atoms with van der Waals surface area (Å²) in [5, 5.41) is 8.33. The van der Waals surface area contributed by atoms with Gasteiger partial charge < -0.3 is 10.2 Å². The van der Waals surface area contributed by atoms with E-state index in [9.17, 15) is 14.4 Å². The van der Waals surface area contributed by atoms with Gasteiger partial charge in [0, 0.05) is 25.9 Å². The molecule has 0 bridgehead atoms. The Kier molecular flexibility index (Phi) is 9.87. The molecule has 3 rings (SSSR count). The molecule has 35 heavy (non-hydrogen) atoms. The number of ketones is 1. The molecule has 2 amide bonds. The van der Waals surface area contributed by atoms with Gasteiger partial charge in [0.2, 0.25) is 11.8 Å². The Morgan fingerprint density at radius 3 is 2.40 bits per heavy atom. The fourth-order valence-electron chi connectivity index (χ4n) is 4.97. The second-order valence-corrected chi connectivity index (χ2v) is 10.4. The normalized spacial score (nSPS) is 18.4. The van der Waals surface area contributed by atoms with Crippen molar-refractivity contribution in [2.45, 2.75) is 97.6 Å². The molecular formula is C28H42N4O3. The molecule has 0 saturated carbocycles. The number of aromatic nitrogens is 2. The van der Waals surface area contributed by atoms with Crippen LogP contribution in [0.2, 0.25) is 0 Å². The number of Topliss-reactive ketones (excluding diaryl/α,β-unsaturated/α-hetero) is 1. The highest BCUT2D eigenvalue weighted by Crippen LogP contribution is 2.23. The van der Waals surface area contributed by atoms with Crippen LogP contribution in [-0.4, -0.2) is 51.9 Å². The third kappa shape index (κ3) is 7.39. The lowest BCUT2D eigenvalue weighted by Crippen LogP contribution is -2.48. The number of nitrogens with one attached hydrogen (secondary N) is 1. The molecule has 1 aliphatic rings. The third-order valence-corrected chi connectivity index (χ3v) is 6.94. The summed E-state index contributed by atoms with van der Waals surface area (Å²) in [6.45, 7) is 6.48. The molecule has 0 aliphatic carbocycles. The van der Waals surface area contributed by atoms with E-state index in [4.69, 9.17) is 0 Å². The van der Waals surface area contributed by atoms with Gasteiger partial charge in [-0.05, 0) is 42.9 Å². The van der Waals surface area contributed by atoms with Gasteiger partial charge in [-0.3, -0.25) is 19.1 Å². The van der Waals surface area contributed by atoms with Gasteiger partial charge in [-0.25, -0.2) is 0 Å². The van der Waals surface area contributed by atoms with Crippen LogP contribution < -0.4 is 5.32 Å². The van der Waals surface area contributed by atoms with Crippen LogP contribution in [0.25, 0.3) is 10.9 Å². The first-order valence-corrected chi connectivity index (χ1v) is 13.3. The smallest absolute Gasteiger partial charge is 0.244 e. The van der Waals surface area contributed by atoms with Crippen LogP contribution in [0.15, 0.2) is 18.2 Å². The van der Waals surface area contributed by atoms with Crippen LogP contribution in [-0.2, 0) is 22.6 Å². The van der Waals surface area contributed by atoms with Crippen molar-refractivity contribution in [3.8, 4) is 0 Å². The van der Waals surface area contributed by atoms with Crippen molar-refractivity contribution in [1.82, 2.24) is 20.0 Å². The van der Waals surface area contributed by atoms with Crippen molar-refractivity contribution in [2.24, 2.45) is 5.92 Å². The second-order valence-electron chi connectivity index (χ2n) is 10.4. The first-order valence-electron chi connectivity index (χ1n) is 13.3. The predicted octanol–water partition coefficient (Wildman–Crippen LogP) is 4.91. The van der Waals surface area contributed by atoms with Crippen LogP contribution >= 0.6 is 0 Å². The number of nitrogens with zero attached hydrogens (tertiary/aromatic N) is 3. The molecule has 1 atom stereocenters. The van der Waals surface area contributed by atoms with Gasteiger partial charge in [0.25, 0.3) is 0 Å². The number of benzene rings is 1. The van der Waals surface area contributed by atoms with E-state index >= 15 is 0 Å². The van der Waals surface area contributed by atoms with Crippen LogP contribution in [0.3, 0.4) is 0 Å². The summed E-state index contributed by atoms with van der Waals surface area (Å²) in [4.78, 5) is 40.2. The molecule has 2 aromatic rings. The Bertz CT molecular complexity index is 1030. The van der Waals surface area contributed by atoms with Crippen molar-refractivity contribution < 1.29 is 14.4 Å². The lowest BCUT2D eigenvalue weighted by Gasteiger charge is -2.27. The van der Waals surface area contributed by atoms with Crippen LogP contribution in [0.5, 0.6) is 0 Å². The van der Waals surface area contributed by atoms with Gasteiger partial charge in [-0.15, -0.1) is 0 Å². The SMILES string of the molecule is CC(=O)c1nn(CC(=O)N(C)C2CCCCCCCCCCNC2=O)c2ccc(CC(C)C)cc12. The molecule has 7 heteroatoms. The summed E-state index contributed by atoms with van der Waals surface area (Å²) in [6, 6.07) is 5.52. The number of fused-ring (bicyclic) bond motifs is 1. The molecule has 0 radical (unpaired) electrons. The minimum absolute atomic E-state index is 0.00636. The summed E-state index contributed by atoms with van der Waals surface area (Å²) in [7, 11) is 1.71. The van der Waals surface area contributed by atoms with E-state index in [2.05, 4.69) is 24.3 Å². The highest BCUT2D eigenvalue weighted by Gasteiger charge is 2.27. The van der Waals surface area contributed by atoms with Crippen molar-refractivity contribution in [1.29, 1.82) is 0 Å². The minimum Gasteiger partial charge on any atom is -0.354 e. The number of hydrogen-bond acceptors (Lipinski definition) is 4. The molecule has 1 aliphatic heterocycles. The fourth-order valence-corrected chi connectivity index (χ4v) is 4.97. The maximum atomic E-state index is 13.3. The van der Waals surface area contributed by atoms with E-state index in [1.807, 2.05) is 18.2 Å². The van der Waals surface area contributed by atoms with E-state index in [1.165, 1.54) is 32.6 Å². The molecule has 1 aromatic carbocycles. The quantitative estimate of drug-likeness (QED) is 0.593. The van der Waals surface area contributed by atoms with Gasteiger partial charge in [0.1, 0.15) is 18.3 Å². The zero-order valence-corrected chi connectivity index (χ0v) is 21.9. The zero-order chi connectivity index (χ0) is 25.4. The zero-order valence-electron chi connectivity index (χ0n) is 21.9. The highest BCUT2D eigenvalue weighted by molar-refractivity contribution is 6.05. The van der Waals surface area contributed by atoms with Crippen molar-refractivity contribution in [3.63, 3.8) is 0 Å². The van der Waals surface area contributed by atoms with Crippen molar-refractivity contribution >= 4 is 28.5 Å². The lowest BCUT2D eigenvalue weighted by molar-refractivity contribution is -0.139. The van der Waals surface area contributed by atoms with E-state index < -0.39 is 6.04 Å². The third-order valence-electron chi connectivity index (χ3n) is 6.94. The molecule has 1 N–H and O–H groups in total. The second kappa shape index (κ2) is 12.8. The van der Waals surface area contributed by atoms with Crippen LogP contribution in [0.4, 0.5) is 0 Å². The monoisotopic (exact) mass is 482 g/mol. The fraction of sp³-hybridized carbons (Fsp3) is 0.643. The molecule has 1 aromatic heterocycles. The largest absolute Gasteiger partial charge is 0.354 e. The van der Waals surface area contributed by atoms with E-state index in [0.717, 1.165) is 48.6 Å². The maximum Gasteiger partial charge on any atom is 0.244 e. The Hall–Kier alpha value is -2.70. The molecule has 1 saturated heterocycles. The number of carbonyl (C=O) groups is 3. The standard InChI is InChI=1S/C28H42N4O3/c1-20(2)17-22-14-15-24-23(18-22)27(21(3)33)30-32(24)19-26(34)31(4)25-13-11-9-7-5-6-8-10-12-16-29-28(25)35/h14-15,18,20,25H,5-13,16-17,19H2,1-4H3,(H,29,35). The summed E-state index contributed by atoms with van der Waals surface area (Å²) < 4.78 is 1.61. The summed E-state index contributed by atoms with van der Waals surface area (Å²) in [6.07, 6.45) is 10.6. The molecule has 1 fully saturated rings. The molecule has 192 valence electrons. The van der Waals surface area contributed by atoms with E-state index in [1.54, 1.807) is 16.6 Å². The Labute approximate surface area is 209 Å². The molecule has 7 nitrogen and oxygen atoms in total. The Morgan fingerprint density at radius 2 is 1.74 bits per heavy atom. The minimum atomic E-state index is -0.491. The van der Waals surface area contributed by atoms with Crippen molar-refractivity contribution in [3.05, 3.63) is 29.5 Å².